The molecule has 0 aromatic rings. The molecule has 0 saturated heterocycles. The highest BCUT2D eigenvalue weighted by Gasteiger charge is 2.39. The van der Waals surface area contributed by atoms with Crippen LogP contribution in [0.3, 0.4) is 0 Å². The van der Waals surface area contributed by atoms with Gasteiger partial charge in [-0.1, -0.05) is 20.3 Å². The summed E-state index contributed by atoms with van der Waals surface area (Å²) < 4.78 is 6.07. The molecule has 0 aliphatic heterocycles. The minimum Gasteiger partial charge on any atom is -0.388 e. The first-order valence-corrected chi connectivity index (χ1v) is 8.07. The molecule has 0 aromatic heterocycles. The van der Waals surface area contributed by atoms with Gasteiger partial charge in [-0.05, 0) is 56.3 Å². The Morgan fingerprint density at radius 3 is 2.53 bits per heavy atom. The third-order valence-electron chi connectivity index (χ3n) is 5.23. The van der Waals surface area contributed by atoms with Crippen LogP contribution in [0.15, 0.2) is 0 Å². The molecular formula is C16H31NO2. The number of rotatable bonds is 5. The minimum atomic E-state index is -0.615. The zero-order valence-corrected chi connectivity index (χ0v) is 12.6. The van der Waals surface area contributed by atoms with Crippen LogP contribution >= 0.6 is 0 Å². The van der Waals surface area contributed by atoms with E-state index in [1.165, 1.54) is 19.3 Å². The molecule has 0 radical (unpaired) electrons. The van der Waals surface area contributed by atoms with E-state index in [1.54, 1.807) is 0 Å². The molecule has 112 valence electrons. The maximum atomic E-state index is 10.4. The van der Waals surface area contributed by atoms with Crippen molar-refractivity contribution in [3.05, 3.63) is 0 Å². The highest BCUT2D eigenvalue weighted by molar-refractivity contribution is 4.92. The summed E-state index contributed by atoms with van der Waals surface area (Å²) in [5.41, 5.74) is 5.10. The van der Waals surface area contributed by atoms with E-state index < -0.39 is 5.60 Å². The zero-order chi connectivity index (χ0) is 13.9. The Kier molecular flexibility index (Phi) is 5.27. The van der Waals surface area contributed by atoms with E-state index in [9.17, 15) is 5.11 Å². The molecule has 19 heavy (non-hydrogen) atoms. The molecule has 0 heterocycles. The first-order chi connectivity index (χ1) is 9.03. The van der Waals surface area contributed by atoms with Gasteiger partial charge in [-0.25, -0.2) is 0 Å². The molecule has 0 bridgehead atoms. The predicted octanol–water partition coefficient (Wildman–Crippen LogP) is 2.71. The van der Waals surface area contributed by atoms with Gasteiger partial charge in [0.25, 0.3) is 0 Å². The summed E-state index contributed by atoms with van der Waals surface area (Å²) in [6.07, 6.45) is 8.23. The van der Waals surface area contributed by atoms with Gasteiger partial charge in [0, 0.05) is 13.2 Å². The molecule has 2 rings (SSSR count). The van der Waals surface area contributed by atoms with E-state index in [2.05, 4.69) is 13.8 Å². The van der Waals surface area contributed by atoms with E-state index in [0.717, 1.165) is 44.1 Å². The lowest BCUT2D eigenvalue weighted by Gasteiger charge is -2.33. The number of ether oxygens (including phenoxy) is 1. The van der Waals surface area contributed by atoms with Gasteiger partial charge in [0.15, 0.2) is 0 Å². The smallest absolute Gasteiger partial charge is 0.0798 e. The quantitative estimate of drug-likeness (QED) is 0.807. The Hall–Kier alpha value is -0.120. The minimum absolute atomic E-state index is 0.343. The molecule has 4 atom stereocenters. The van der Waals surface area contributed by atoms with Crippen molar-refractivity contribution in [2.24, 2.45) is 23.5 Å². The number of hydrogen-bond donors (Lipinski definition) is 2. The summed E-state index contributed by atoms with van der Waals surface area (Å²) in [6.45, 7) is 5.85. The Bertz CT molecular complexity index is 274. The summed E-state index contributed by atoms with van der Waals surface area (Å²) in [4.78, 5) is 0. The van der Waals surface area contributed by atoms with Crippen LogP contribution in [0, 0.1) is 17.8 Å². The summed E-state index contributed by atoms with van der Waals surface area (Å²) in [5, 5.41) is 10.4. The first-order valence-electron chi connectivity index (χ1n) is 8.07. The van der Waals surface area contributed by atoms with Crippen molar-refractivity contribution < 1.29 is 9.84 Å². The Morgan fingerprint density at radius 1 is 1.21 bits per heavy atom. The van der Waals surface area contributed by atoms with Crippen molar-refractivity contribution in [1.29, 1.82) is 0 Å². The molecule has 3 N–H and O–H groups in total. The second-order valence-electron chi connectivity index (χ2n) is 7.10. The monoisotopic (exact) mass is 269 g/mol. The van der Waals surface area contributed by atoms with E-state index in [-0.39, 0.29) is 0 Å². The first kappa shape index (κ1) is 15.3. The van der Waals surface area contributed by atoms with Gasteiger partial charge in [-0.2, -0.15) is 0 Å². The number of hydrogen-bond acceptors (Lipinski definition) is 3. The molecular weight excluding hydrogens is 238 g/mol. The van der Waals surface area contributed by atoms with E-state index >= 15 is 0 Å². The predicted molar refractivity (Wildman–Crippen MR) is 77.9 cm³/mol. The van der Waals surface area contributed by atoms with Gasteiger partial charge in [-0.3, -0.25) is 0 Å². The molecule has 3 nitrogen and oxygen atoms in total. The largest absolute Gasteiger partial charge is 0.388 e. The Balaban J connectivity index is 1.71. The molecule has 2 aliphatic carbocycles. The third kappa shape index (κ3) is 3.93. The molecule has 3 heteroatoms. The molecule has 4 unspecified atom stereocenters. The molecule has 2 aliphatic rings. The average Bonchev–Trinajstić information content (AvgIpc) is 2.71. The zero-order valence-electron chi connectivity index (χ0n) is 12.6. The second kappa shape index (κ2) is 6.55. The SMILES string of the molecule is CC1CC(C)CC(OCCC2CCCC2(O)CN)C1. The molecule has 2 saturated carbocycles. The van der Waals surface area contributed by atoms with Crippen LogP contribution in [0.2, 0.25) is 0 Å². The standard InChI is InChI=1S/C16H31NO2/c1-12-8-13(2)10-15(9-12)19-7-5-14-4-3-6-16(14,18)11-17/h12-15,18H,3-11,17H2,1-2H3. The maximum absolute atomic E-state index is 10.4. The number of nitrogens with two attached hydrogens (primary N) is 1. The number of aliphatic hydroxyl groups is 1. The van der Waals surface area contributed by atoms with Crippen LogP contribution < -0.4 is 5.73 Å². The maximum Gasteiger partial charge on any atom is 0.0798 e. The van der Waals surface area contributed by atoms with Crippen molar-refractivity contribution >= 4 is 0 Å². The summed E-state index contributed by atoms with van der Waals surface area (Å²) in [5.74, 6) is 1.93. The van der Waals surface area contributed by atoms with Gasteiger partial charge in [0.05, 0.1) is 11.7 Å². The highest BCUT2D eigenvalue weighted by Crippen LogP contribution is 2.37. The van der Waals surface area contributed by atoms with Gasteiger partial charge in [0.2, 0.25) is 0 Å². The topological polar surface area (TPSA) is 55.5 Å². The van der Waals surface area contributed by atoms with Crippen molar-refractivity contribution in [3.63, 3.8) is 0 Å². The summed E-state index contributed by atoms with van der Waals surface area (Å²) in [7, 11) is 0. The molecule has 0 aromatic carbocycles. The molecule has 0 amide bonds. The van der Waals surface area contributed by atoms with Crippen LogP contribution in [-0.2, 0) is 4.74 Å². The fourth-order valence-electron chi connectivity index (χ4n) is 4.20. The Morgan fingerprint density at radius 2 is 1.89 bits per heavy atom. The molecule has 2 fully saturated rings. The van der Waals surface area contributed by atoms with Crippen LogP contribution in [0.1, 0.15) is 58.8 Å². The van der Waals surface area contributed by atoms with Gasteiger partial charge in [-0.15, -0.1) is 0 Å². The highest BCUT2D eigenvalue weighted by atomic mass is 16.5. The van der Waals surface area contributed by atoms with Crippen molar-refractivity contribution in [2.45, 2.75) is 70.5 Å². The summed E-state index contributed by atoms with van der Waals surface area (Å²) >= 11 is 0. The van der Waals surface area contributed by atoms with E-state index in [0.29, 0.717) is 18.6 Å². The lowest BCUT2D eigenvalue weighted by Crippen LogP contribution is -2.41. The van der Waals surface area contributed by atoms with Crippen LogP contribution in [-0.4, -0.2) is 30.0 Å². The van der Waals surface area contributed by atoms with Crippen LogP contribution in [0.5, 0.6) is 0 Å². The fourth-order valence-corrected chi connectivity index (χ4v) is 4.20. The van der Waals surface area contributed by atoms with Crippen molar-refractivity contribution in [1.82, 2.24) is 0 Å². The Labute approximate surface area is 117 Å². The fraction of sp³-hybridized carbons (Fsp3) is 1.00. The molecule has 0 spiro atoms. The second-order valence-corrected chi connectivity index (χ2v) is 7.10. The summed E-state index contributed by atoms with van der Waals surface area (Å²) in [6, 6.07) is 0. The van der Waals surface area contributed by atoms with Crippen LogP contribution in [0.4, 0.5) is 0 Å². The van der Waals surface area contributed by atoms with Crippen LogP contribution in [0.25, 0.3) is 0 Å². The van der Waals surface area contributed by atoms with Gasteiger partial charge >= 0.3 is 0 Å². The third-order valence-corrected chi connectivity index (χ3v) is 5.23. The normalized spacial score (nSPS) is 43.6. The van der Waals surface area contributed by atoms with Crippen molar-refractivity contribution in [3.8, 4) is 0 Å². The van der Waals surface area contributed by atoms with Crippen molar-refractivity contribution in [2.75, 3.05) is 13.2 Å². The average molecular weight is 269 g/mol. The lowest BCUT2D eigenvalue weighted by molar-refractivity contribution is -0.0323. The van der Waals surface area contributed by atoms with Gasteiger partial charge in [0.1, 0.15) is 0 Å². The van der Waals surface area contributed by atoms with Gasteiger partial charge < -0.3 is 15.6 Å². The van der Waals surface area contributed by atoms with E-state index in [4.69, 9.17) is 10.5 Å². The lowest BCUT2D eigenvalue weighted by atomic mass is 9.82. The van der Waals surface area contributed by atoms with E-state index in [1.807, 2.05) is 0 Å².